The smallest absolute Gasteiger partial charge is 0.0160 e. The first kappa shape index (κ1) is 10.2. The number of rotatable bonds is 2. The van der Waals surface area contributed by atoms with Gasteiger partial charge in [-0.05, 0) is 66.2 Å². The van der Waals surface area contributed by atoms with Gasteiger partial charge in [0.2, 0.25) is 0 Å². The summed E-state index contributed by atoms with van der Waals surface area (Å²) in [7, 11) is 0. The standard InChI is InChI=1S/C14H21N.ClH/c1-3-15-13-11-8-4-6-7-5-9(10(6)11)14(13,2)12(7)8;/h6-13,15H,3-5H2,1-2H3;1H/t6-,7-,8?,9+,10-,11-,12?,13+,14+;/m0./s1. The lowest BCUT2D eigenvalue weighted by Gasteiger charge is -2.40. The van der Waals surface area contributed by atoms with Gasteiger partial charge in [-0.1, -0.05) is 13.8 Å². The van der Waals surface area contributed by atoms with Crippen LogP contribution < -0.4 is 5.32 Å². The number of hydrogen-bond donors (Lipinski definition) is 1. The average molecular weight is 240 g/mol. The molecule has 6 fully saturated rings. The molecule has 0 aliphatic heterocycles. The highest BCUT2D eigenvalue weighted by Gasteiger charge is 2.84. The molecular weight excluding hydrogens is 218 g/mol. The van der Waals surface area contributed by atoms with E-state index in [0.29, 0.717) is 0 Å². The second-order valence-electron chi connectivity index (χ2n) is 7.15. The molecule has 16 heavy (non-hydrogen) atoms. The van der Waals surface area contributed by atoms with Gasteiger partial charge in [-0.3, -0.25) is 0 Å². The Morgan fingerprint density at radius 1 is 1.12 bits per heavy atom. The van der Waals surface area contributed by atoms with Crippen LogP contribution in [0, 0.1) is 46.8 Å². The van der Waals surface area contributed by atoms with Crippen LogP contribution in [-0.4, -0.2) is 12.6 Å². The second-order valence-corrected chi connectivity index (χ2v) is 7.15. The Hall–Kier alpha value is 0.250. The van der Waals surface area contributed by atoms with Crippen LogP contribution in [0.3, 0.4) is 0 Å². The lowest BCUT2D eigenvalue weighted by atomic mass is 9.64. The van der Waals surface area contributed by atoms with Crippen molar-refractivity contribution in [2.75, 3.05) is 6.54 Å². The molecule has 1 nitrogen and oxygen atoms in total. The monoisotopic (exact) mass is 239 g/mol. The maximum absolute atomic E-state index is 3.86. The van der Waals surface area contributed by atoms with Crippen LogP contribution >= 0.6 is 12.4 Å². The van der Waals surface area contributed by atoms with Gasteiger partial charge in [0.1, 0.15) is 0 Å². The molecule has 90 valence electrons. The molecule has 9 atom stereocenters. The molecule has 0 aromatic heterocycles. The Kier molecular flexibility index (Phi) is 1.68. The first-order valence-corrected chi connectivity index (χ1v) is 7.02. The van der Waals surface area contributed by atoms with E-state index in [1.165, 1.54) is 24.3 Å². The molecular formula is C14H22ClN. The molecule has 6 aliphatic carbocycles. The molecule has 0 spiro atoms. The average Bonchev–Trinajstić information content (AvgIpc) is 2.85. The fourth-order valence-electron chi connectivity index (χ4n) is 7.70. The van der Waals surface area contributed by atoms with Gasteiger partial charge >= 0.3 is 0 Å². The summed E-state index contributed by atoms with van der Waals surface area (Å²) < 4.78 is 0. The van der Waals surface area contributed by atoms with Crippen molar-refractivity contribution in [2.24, 2.45) is 46.8 Å². The first-order valence-electron chi connectivity index (χ1n) is 7.02. The van der Waals surface area contributed by atoms with Crippen LogP contribution in [0.25, 0.3) is 0 Å². The van der Waals surface area contributed by atoms with Crippen molar-refractivity contribution in [1.29, 1.82) is 0 Å². The molecule has 0 aromatic rings. The molecule has 2 heteroatoms. The van der Waals surface area contributed by atoms with Gasteiger partial charge in [0, 0.05) is 6.04 Å². The van der Waals surface area contributed by atoms with Crippen LogP contribution in [0.1, 0.15) is 26.7 Å². The second kappa shape index (κ2) is 2.64. The summed E-state index contributed by atoms with van der Waals surface area (Å²) in [6.45, 7) is 6.12. The number of nitrogens with one attached hydrogen (secondary N) is 1. The quantitative estimate of drug-likeness (QED) is 0.781. The Morgan fingerprint density at radius 2 is 1.94 bits per heavy atom. The van der Waals surface area contributed by atoms with E-state index in [9.17, 15) is 0 Å². The molecule has 0 aromatic carbocycles. The maximum atomic E-state index is 3.86. The molecule has 6 saturated carbocycles. The fraction of sp³-hybridized carbons (Fsp3) is 1.00. The summed E-state index contributed by atoms with van der Waals surface area (Å²) in [4.78, 5) is 0. The normalized spacial score (nSPS) is 70.9. The van der Waals surface area contributed by atoms with Crippen LogP contribution in [0.4, 0.5) is 0 Å². The molecule has 6 aliphatic rings. The molecule has 0 heterocycles. The number of halogens is 1. The van der Waals surface area contributed by atoms with Gasteiger partial charge in [0.25, 0.3) is 0 Å². The van der Waals surface area contributed by atoms with Crippen molar-refractivity contribution in [2.45, 2.75) is 32.7 Å². The van der Waals surface area contributed by atoms with E-state index in [4.69, 9.17) is 0 Å². The lowest BCUT2D eigenvalue weighted by Crippen LogP contribution is -2.42. The zero-order valence-corrected chi connectivity index (χ0v) is 11.0. The zero-order valence-electron chi connectivity index (χ0n) is 10.1. The van der Waals surface area contributed by atoms with Crippen molar-refractivity contribution < 1.29 is 0 Å². The predicted molar refractivity (Wildman–Crippen MR) is 66.5 cm³/mol. The summed E-state index contributed by atoms with van der Waals surface area (Å²) in [6.07, 6.45) is 3.24. The highest BCUT2D eigenvalue weighted by atomic mass is 35.5. The summed E-state index contributed by atoms with van der Waals surface area (Å²) in [5, 5.41) is 3.86. The third kappa shape index (κ3) is 0.667. The Morgan fingerprint density at radius 3 is 2.62 bits per heavy atom. The van der Waals surface area contributed by atoms with Crippen molar-refractivity contribution in [3.63, 3.8) is 0 Å². The van der Waals surface area contributed by atoms with Gasteiger partial charge < -0.3 is 5.32 Å². The van der Waals surface area contributed by atoms with Crippen molar-refractivity contribution in [3.8, 4) is 0 Å². The molecule has 0 saturated heterocycles. The largest absolute Gasteiger partial charge is 0.313 e. The van der Waals surface area contributed by atoms with Crippen LogP contribution in [0.15, 0.2) is 0 Å². The molecule has 0 amide bonds. The topological polar surface area (TPSA) is 12.0 Å². The predicted octanol–water partition coefficient (Wildman–Crippen LogP) is 2.55. The Labute approximate surface area is 104 Å². The molecule has 6 bridgehead atoms. The van der Waals surface area contributed by atoms with E-state index >= 15 is 0 Å². The van der Waals surface area contributed by atoms with E-state index < -0.39 is 0 Å². The van der Waals surface area contributed by atoms with Gasteiger partial charge in [-0.15, -0.1) is 12.4 Å². The SMILES string of the molecule is CCN[C@@H]1[C@H]2C3C[C@@H]4[C@H]2[C@H]2C[C@@H]4C3[C@@]21C.Cl. The van der Waals surface area contributed by atoms with Crippen LogP contribution in [0.2, 0.25) is 0 Å². The molecule has 1 N–H and O–H groups in total. The van der Waals surface area contributed by atoms with Gasteiger partial charge in [-0.2, -0.15) is 0 Å². The van der Waals surface area contributed by atoms with Gasteiger partial charge in [0.05, 0.1) is 0 Å². The zero-order chi connectivity index (χ0) is 9.95. The first-order chi connectivity index (χ1) is 7.28. The van der Waals surface area contributed by atoms with Crippen molar-refractivity contribution in [1.82, 2.24) is 5.32 Å². The third-order valence-electron chi connectivity index (χ3n) is 7.44. The minimum absolute atomic E-state index is 0. The summed E-state index contributed by atoms with van der Waals surface area (Å²) in [5.74, 6) is 8.06. The molecule has 6 rings (SSSR count). The minimum atomic E-state index is 0. The summed E-state index contributed by atoms with van der Waals surface area (Å²) >= 11 is 0. The van der Waals surface area contributed by atoms with E-state index in [1.807, 2.05) is 0 Å². The van der Waals surface area contributed by atoms with Gasteiger partial charge in [0.15, 0.2) is 0 Å². The van der Waals surface area contributed by atoms with E-state index in [0.717, 1.165) is 35.1 Å². The van der Waals surface area contributed by atoms with E-state index in [1.54, 1.807) is 12.8 Å². The lowest BCUT2D eigenvalue weighted by molar-refractivity contribution is 0.0654. The molecule has 0 radical (unpaired) electrons. The Bertz CT molecular complexity index is 357. The van der Waals surface area contributed by atoms with Crippen molar-refractivity contribution in [3.05, 3.63) is 0 Å². The van der Waals surface area contributed by atoms with Crippen molar-refractivity contribution >= 4 is 12.4 Å². The molecule has 2 unspecified atom stereocenters. The van der Waals surface area contributed by atoms with Crippen LogP contribution in [0.5, 0.6) is 0 Å². The highest BCUT2D eigenvalue weighted by Crippen LogP contribution is 2.86. The van der Waals surface area contributed by atoms with Gasteiger partial charge in [-0.25, -0.2) is 0 Å². The highest BCUT2D eigenvalue weighted by molar-refractivity contribution is 5.85. The third-order valence-corrected chi connectivity index (χ3v) is 7.44. The van der Waals surface area contributed by atoms with Crippen LogP contribution in [-0.2, 0) is 0 Å². The maximum Gasteiger partial charge on any atom is 0.0160 e. The van der Waals surface area contributed by atoms with E-state index in [2.05, 4.69) is 19.2 Å². The Balaban J connectivity index is 0.000000722. The minimum Gasteiger partial charge on any atom is -0.313 e. The summed E-state index contributed by atoms with van der Waals surface area (Å²) in [5.41, 5.74) is 0.730. The number of hydrogen-bond acceptors (Lipinski definition) is 1. The fourth-order valence-corrected chi connectivity index (χ4v) is 7.70. The summed E-state index contributed by atoms with van der Waals surface area (Å²) in [6, 6.07) is 0.907. The van der Waals surface area contributed by atoms with E-state index in [-0.39, 0.29) is 12.4 Å².